The maximum Gasteiger partial charge on any atom is 0.185 e. The second kappa shape index (κ2) is 4.26. The second-order valence-corrected chi connectivity index (χ2v) is 4.72. The van der Waals surface area contributed by atoms with Gasteiger partial charge in [-0.2, -0.15) is 5.10 Å². The minimum Gasteiger partial charge on any atom is -0.292 e. The number of carbonyl (C=O) groups excluding carboxylic acids is 1. The minimum atomic E-state index is 0.0294. The molecule has 1 aromatic rings. The molecule has 0 N–H and O–H groups in total. The third-order valence-corrected chi connectivity index (χ3v) is 3.12. The van der Waals surface area contributed by atoms with Gasteiger partial charge in [0.15, 0.2) is 5.78 Å². The van der Waals surface area contributed by atoms with Crippen molar-refractivity contribution in [2.75, 3.05) is 0 Å². The smallest absolute Gasteiger partial charge is 0.185 e. The summed E-state index contributed by atoms with van der Waals surface area (Å²) in [5, 5.41) is 4.03. The number of ketones is 1. The summed E-state index contributed by atoms with van der Waals surface area (Å²) in [6.07, 6.45) is 1.65. The number of nitrogens with zero attached hydrogens (tertiary/aromatic N) is 2. The van der Waals surface area contributed by atoms with Gasteiger partial charge in [-0.05, 0) is 21.8 Å². The molecular weight excluding hydrogens is 244 g/mol. The van der Waals surface area contributed by atoms with Crippen LogP contribution >= 0.6 is 15.9 Å². The van der Waals surface area contributed by atoms with Crippen molar-refractivity contribution in [3.05, 3.63) is 16.4 Å². The number of hydrogen-bond acceptors (Lipinski definition) is 2. The van der Waals surface area contributed by atoms with E-state index in [1.54, 1.807) is 17.9 Å². The zero-order chi connectivity index (χ0) is 10.9. The van der Waals surface area contributed by atoms with Gasteiger partial charge in [0.05, 0.1) is 10.7 Å². The highest BCUT2D eigenvalue weighted by atomic mass is 79.9. The molecule has 1 atom stereocenters. The van der Waals surface area contributed by atoms with E-state index in [1.807, 2.05) is 20.8 Å². The third-order valence-electron chi connectivity index (χ3n) is 2.54. The van der Waals surface area contributed by atoms with E-state index in [2.05, 4.69) is 21.0 Å². The van der Waals surface area contributed by atoms with Crippen molar-refractivity contribution < 1.29 is 4.79 Å². The predicted octanol–water partition coefficient (Wildman–Crippen LogP) is 2.66. The van der Waals surface area contributed by atoms with E-state index < -0.39 is 0 Å². The quantitative estimate of drug-likeness (QED) is 0.782. The Balaban J connectivity index is 3.00. The fourth-order valence-corrected chi connectivity index (χ4v) is 1.75. The molecule has 0 aliphatic heterocycles. The van der Waals surface area contributed by atoms with Crippen LogP contribution < -0.4 is 0 Å². The lowest BCUT2D eigenvalue weighted by atomic mass is 9.92. The Morgan fingerprint density at radius 1 is 1.50 bits per heavy atom. The summed E-state index contributed by atoms with van der Waals surface area (Å²) >= 11 is 3.33. The van der Waals surface area contributed by atoms with Crippen LogP contribution in [0.25, 0.3) is 0 Å². The number of aromatic nitrogens is 2. The number of hydrogen-bond donors (Lipinski definition) is 0. The number of carbonyl (C=O) groups is 1. The summed E-state index contributed by atoms with van der Waals surface area (Å²) in [6.45, 7) is 6.05. The van der Waals surface area contributed by atoms with Crippen LogP contribution in [0.2, 0.25) is 0 Å². The Morgan fingerprint density at radius 2 is 2.07 bits per heavy atom. The summed E-state index contributed by atoms with van der Waals surface area (Å²) in [5.74, 6) is 0.526. The monoisotopic (exact) mass is 258 g/mol. The van der Waals surface area contributed by atoms with E-state index in [9.17, 15) is 4.79 Å². The maximum atomic E-state index is 12.0. The lowest BCUT2D eigenvalue weighted by Crippen LogP contribution is -2.20. The molecule has 14 heavy (non-hydrogen) atoms. The summed E-state index contributed by atoms with van der Waals surface area (Å²) in [4.78, 5) is 12.0. The van der Waals surface area contributed by atoms with Crippen molar-refractivity contribution in [1.82, 2.24) is 9.78 Å². The van der Waals surface area contributed by atoms with Gasteiger partial charge in [0.2, 0.25) is 0 Å². The van der Waals surface area contributed by atoms with Crippen LogP contribution in [0.3, 0.4) is 0 Å². The summed E-state index contributed by atoms with van der Waals surface area (Å²) in [5.41, 5.74) is 0.659. The van der Waals surface area contributed by atoms with Crippen molar-refractivity contribution in [2.45, 2.75) is 20.8 Å². The van der Waals surface area contributed by atoms with Crippen molar-refractivity contribution in [1.29, 1.82) is 0 Å². The highest BCUT2D eigenvalue weighted by molar-refractivity contribution is 9.10. The van der Waals surface area contributed by atoms with Crippen LogP contribution in [0.1, 0.15) is 31.3 Å². The average molecular weight is 259 g/mol. The van der Waals surface area contributed by atoms with E-state index >= 15 is 0 Å². The number of halogens is 1. The molecule has 4 heteroatoms. The molecule has 0 bridgehead atoms. The molecule has 78 valence electrons. The van der Waals surface area contributed by atoms with Crippen LogP contribution in [0, 0.1) is 11.8 Å². The molecule has 0 aromatic carbocycles. The molecule has 0 fully saturated rings. The fourth-order valence-electron chi connectivity index (χ4n) is 1.21. The van der Waals surface area contributed by atoms with Crippen molar-refractivity contribution in [2.24, 2.45) is 18.9 Å². The Bertz CT molecular complexity index is 324. The lowest BCUT2D eigenvalue weighted by molar-refractivity contribution is 0.0889. The SMILES string of the molecule is CC(C)C(C)C(=O)c1c(Br)cnn1C. The molecule has 1 rings (SSSR count). The molecule has 1 unspecified atom stereocenters. The lowest BCUT2D eigenvalue weighted by Gasteiger charge is -2.14. The zero-order valence-electron chi connectivity index (χ0n) is 8.91. The largest absolute Gasteiger partial charge is 0.292 e. The molecule has 0 spiro atoms. The summed E-state index contributed by atoms with van der Waals surface area (Å²) < 4.78 is 2.39. The first-order valence-corrected chi connectivity index (χ1v) is 5.46. The van der Waals surface area contributed by atoms with Crippen LogP contribution in [0.4, 0.5) is 0 Å². The summed E-state index contributed by atoms with van der Waals surface area (Å²) in [7, 11) is 1.78. The van der Waals surface area contributed by atoms with Crippen molar-refractivity contribution in [3.63, 3.8) is 0 Å². The van der Waals surface area contributed by atoms with Crippen molar-refractivity contribution >= 4 is 21.7 Å². The van der Waals surface area contributed by atoms with Crippen LogP contribution in [0.15, 0.2) is 10.7 Å². The normalized spacial score (nSPS) is 13.3. The fraction of sp³-hybridized carbons (Fsp3) is 0.600. The molecule has 3 nitrogen and oxygen atoms in total. The number of Topliss-reactive ketones (excluding diaryl/α,β-unsaturated/α-hetero) is 1. The van der Waals surface area contributed by atoms with Gasteiger partial charge in [0.1, 0.15) is 5.69 Å². The van der Waals surface area contributed by atoms with Crippen molar-refractivity contribution in [3.8, 4) is 0 Å². The molecular formula is C10H15BrN2O. The van der Waals surface area contributed by atoms with Gasteiger partial charge in [-0.3, -0.25) is 9.48 Å². The van der Waals surface area contributed by atoms with Gasteiger partial charge in [-0.1, -0.05) is 20.8 Å². The van der Waals surface area contributed by atoms with Gasteiger partial charge < -0.3 is 0 Å². The van der Waals surface area contributed by atoms with Crippen LogP contribution in [0.5, 0.6) is 0 Å². The molecule has 0 saturated carbocycles. The van der Waals surface area contributed by atoms with E-state index in [0.717, 1.165) is 4.47 Å². The standard InChI is InChI=1S/C10H15BrN2O/c1-6(2)7(3)10(14)9-8(11)5-12-13(9)4/h5-7H,1-4H3. The topological polar surface area (TPSA) is 34.9 Å². The van der Waals surface area contributed by atoms with Gasteiger partial charge >= 0.3 is 0 Å². The van der Waals surface area contributed by atoms with Gasteiger partial charge in [0.25, 0.3) is 0 Å². The Labute approximate surface area is 92.6 Å². The molecule has 1 heterocycles. The number of aryl methyl sites for hydroxylation is 1. The molecule has 0 saturated heterocycles. The Morgan fingerprint density at radius 3 is 2.43 bits per heavy atom. The first-order valence-electron chi connectivity index (χ1n) is 4.66. The Hall–Kier alpha value is -0.640. The molecule has 0 aliphatic rings. The van der Waals surface area contributed by atoms with Crippen LogP contribution in [-0.4, -0.2) is 15.6 Å². The molecule has 1 aromatic heterocycles. The number of rotatable bonds is 3. The van der Waals surface area contributed by atoms with Crippen LogP contribution in [-0.2, 0) is 7.05 Å². The molecule has 0 amide bonds. The molecule has 0 radical (unpaired) electrons. The first-order chi connectivity index (χ1) is 6.45. The van der Waals surface area contributed by atoms with Gasteiger partial charge in [-0.15, -0.1) is 0 Å². The zero-order valence-corrected chi connectivity index (χ0v) is 10.5. The van der Waals surface area contributed by atoms with Gasteiger partial charge in [0, 0.05) is 13.0 Å². The summed E-state index contributed by atoms with van der Waals surface area (Å²) in [6, 6.07) is 0. The highest BCUT2D eigenvalue weighted by Gasteiger charge is 2.23. The average Bonchev–Trinajstić information content (AvgIpc) is 2.44. The van der Waals surface area contributed by atoms with E-state index in [-0.39, 0.29) is 11.7 Å². The van der Waals surface area contributed by atoms with E-state index in [1.165, 1.54) is 0 Å². The maximum absolute atomic E-state index is 12.0. The minimum absolute atomic E-state index is 0.0294. The first kappa shape index (κ1) is 11.4. The second-order valence-electron chi connectivity index (χ2n) is 3.86. The highest BCUT2D eigenvalue weighted by Crippen LogP contribution is 2.22. The third kappa shape index (κ3) is 2.05. The van der Waals surface area contributed by atoms with E-state index in [0.29, 0.717) is 11.6 Å². The Kier molecular flexibility index (Phi) is 3.48. The van der Waals surface area contributed by atoms with Gasteiger partial charge in [-0.25, -0.2) is 0 Å². The van der Waals surface area contributed by atoms with E-state index in [4.69, 9.17) is 0 Å². The predicted molar refractivity (Wildman–Crippen MR) is 59.2 cm³/mol. The molecule has 0 aliphatic carbocycles.